The lowest BCUT2D eigenvalue weighted by Gasteiger charge is -2.33. The Morgan fingerprint density at radius 3 is 1.20 bits per heavy atom. The van der Waals surface area contributed by atoms with E-state index in [4.69, 9.17) is 23.7 Å². The standard InChI is InChI=1S/C70H87N5O11/c1-10-14-32-73-64(76)53-23-17-20-50-49(26-27-56(61(50)53)67(73)79)35-44(5)36-85-47(8)39-83-42-70(13-4,41-82-37-45(6)71-59-30-28-57-62-51(59)21-18-24-54(62)65(77)74(68(57)80)33-15-11-2)43-84-40-48(9)86-38-46(7)72-60-31-29-58-63-52(60)22-19-25-55(63)66(78)75(69(58)81)34-16-12-3/h17-31,44-48,71-72H,10-16,32-43H2,1-9H3. The summed E-state index contributed by atoms with van der Waals surface area (Å²) in [6, 6.07) is 28.0. The Labute approximate surface area is 506 Å². The lowest BCUT2D eigenvalue weighted by Crippen LogP contribution is -2.41. The number of benzene rings is 6. The van der Waals surface area contributed by atoms with Gasteiger partial charge < -0.3 is 34.3 Å². The molecule has 6 aromatic rings. The van der Waals surface area contributed by atoms with Crippen molar-refractivity contribution in [3.05, 3.63) is 130 Å². The van der Waals surface area contributed by atoms with Crippen LogP contribution < -0.4 is 10.6 Å². The summed E-state index contributed by atoms with van der Waals surface area (Å²) in [5.41, 5.74) is 5.44. The lowest BCUT2D eigenvalue weighted by atomic mass is 9.88. The molecule has 6 unspecified atom stereocenters. The number of anilines is 2. The molecule has 86 heavy (non-hydrogen) atoms. The lowest BCUT2D eigenvalue weighted by molar-refractivity contribution is -0.102. The molecule has 2 N–H and O–H groups in total. The first kappa shape index (κ1) is 63.4. The zero-order valence-corrected chi connectivity index (χ0v) is 51.8. The van der Waals surface area contributed by atoms with Crippen molar-refractivity contribution in [1.29, 1.82) is 0 Å². The van der Waals surface area contributed by atoms with Crippen molar-refractivity contribution in [3.63, 3.8) is 0 Å². The molecule has 16 heteroatoms. The molecule has 3 heterocycles. The van der Waals surface area contributed by atoms with E-state index < -0.39 is 5.41 Å². The molecule has 6 amide bonds. The van der Waals surface area contributed by atoms with Crippen molar-refractivity contribution in [2.75, 3.05) is 83.1 Å². The smallest absolute Gasteiger partial charge is 0.261 e. The average molecular weight is 1170 g/mol. The van der Waals surface area contributed by atoms with Crippen LogP contribution in [0.15, 0.2) is 91.0 Å². The maximum Gasteiger partial charge on any atom is 0.261 e. The van der Waals surface area contributed by atoms with Gasteiger partial charge in [0.2, 0.25) is 0 Å². The van der Waals surface area contributed by atoms with E-state index >= 15 is 0 Å². The number of hydrogen-bond donors (Lipinski definition) is 2. The van der Waals surface area contributed by atoms with Crippen LogP contribution >= 0.6 is 0 Å². The van der Waals surface area contributed by atoms with Crippen molar-refractivity contribution in [2.24, 2.45) is 11.3 Å². The number of carbonyl (C=O) groups is 6. The summed E-state index contributed by atoms with van der Waals surface area (Å²) >= 11 is 0. The molecule has 6 atom stereocenters. The van der Waals surface area contributed by atoms with Crippen molar-refractivity contribution in [2.45, 2.75) is 138 Å². The van der Waals surface area contributed by atoms with Crippen LogP contribution in [-0.2, 0) is 30.1 Å². The molecule has 3 aliphatic rings. The number of unbranched alkanes of at least 4 members (excludes halogenated alkanes) is 3. The van der Waals surface area contributed by atoms with Crippen molar-refractivity contribution in [3.8, 4) is 0 Å². The molecule has 458 valence electrons. The number of ether oxygens (including phenoxy) is 5. The van der Waals surface area contributed by atoms with Gasteiger partial charge in [-0.25, -0.2) is 0 Å². The molecule has 3 aliphatic heterocycles. The first-order chi connectivity index (χ1) is 41.5. The normalized spacial score (nSPS) is 16.5. The van der Waals surface area contributed by atoms with Crippen LogP contribution in [0.4, 0.5) is 11.4 Å². The second kappa shape index (κ2) is 28.6. The van der Waals surface area contributed by atoms with Crippen molar-refractivity contribution < 1.29 is 52.5 Å². The largest absolute Gasteiger partial charge is 0.380 e. The predicted octanol–water partition coefficient (Wildman–Crippen LogP) is 12.8. The summed E-state index contributed by atoms with van der Waals surface area (Å²) < 4.78 is 32.4. The third kappa shape index (κ3) is 13.7. The van der Waals surface area contributed by atoms with E-state index in [1.807, 2.05) is 127 Å². The highest BCUT2D eigenvalue weighted by molar-refractivity contribution is 6.28. The Bertz CT molecular complexity index is 3250. The minimum atomic E-state index is -0.541. The third-order valence-electron chi connectivity index (χ3n) is 17.0. The van der Waals surface area contributed by atoms with E-state index in [0.717, 1.165) is 77.0 Å². The fourth-order valence-corrected chi connectivity index (χ4v) is 12.0. The van der Waals surface area contributed by atoms with Crippen LogP contribution in [-0.4, -0.2) is 147 Å². The summed E-state index contributed by atoms with van der Waals surface area (Å²) in [4.78, 5) is 85.3. The second-order valence-electron chi connectivity index (χ2n) is 24.2. The van der Waals surface area contributed by atoms with Gasteiger partial charge in [0.05, 0.1) is 58.5 Å². The van der Waals surface area contributed by atoms with Crippen LogP contribution in [0, 0.1) is 11.3 Å². The van der Waals surface area contributed by atoms with Crippen LogP contribution in [0.25, 0.3) is 32.3 Å². The van der Waals surface area contributed by atoms with Gasteiger partial charge in [-0.1, -0.05) is 96.3 Å². The van der Waals surface area contributed by atoms with Gasteiger partial charge in [-0.3, -0.25) is 43.5 Å². The Kier molecular flexibility index (Phi) is 21.1. The van der Waals surface area contributed by atoms with Gasteiger partial charge in [-0.2, -0.15) is 0 Å². The van der Waals surface area contributed by atoms with Gasteiger partial charge in [0.1, 0.15) is 0 Å². The average Bonchev–Trinajstić information content (AvgIpc) is 0.843. The molecule has 0 aromatic heterocycles. The van der Waals surface area contributed by atoms with Crippen molar-refractivity contribution >= 4 is 79.1 Å². The summed E-state index contributed by atoms with van der Waals surface area (Å²) in [5, 5.41) is 11.8. The van der Waals surface area contributed by atoms with Gasteiger partial charge in [0.15, 0.2) is 0 Å². The predicted molar refractivity (Wildman–Crippen MR) is 338 cm³/mol. The zero-order chi connectivity index (χ0) is 61.2. The first-order valence-electron chi connectivity index (χ1n) is 31.3. The van der Waals surface area contributed by atoms with E-state index in [-0.39, 0.29) is 65.7 Å². The molecule has 0 radical (unpaired) electrons. The Hall–Kier alpha value is -7.08. The van der Waals surface area contributed by atoms with E-state index in [1.54, 1.807) is 12.1 Å². The van der Waals surface area contributed by atoms with Crippen LogP contribution in [0.5, 0.6) is 0 Å². The first-order valence-corrected chi connectivity index (χ1v) is 31.3. The molecular weight excluding hydrogens is 1090 g/mol. The van der Waals surface area contributed by atoms with E-state index in [1.165, 1.54) is 14.7 Å². The van der Waals surface area contributed by atoms with Gasteiger partial charge >= 0.3 is 0 Å². The fraction of sp³-hybridized carbons (Fsp3) is 0.486. The SMILES string of the molecule is CCCCN1C(=O)c2cccc3c(CC(C)COC(C)COCC(CC)(COCC(C)Nc4ccc5c6c(cccc46)C(=O)N(CCCC)C5=O)COCC(C)OCC(C)Nc4ccc5c6c(cccc46)C(=O)N(CCCC)C5=O)ccc(c23)C1=O. The van der Waals surface area contributed by atoms with Gasteiger partial charge in [-0.05, 0) is 125 Å². The molecule has 0 saturated carbocycles. The molecule has 6 aromatic carbocycles. The molecule has 0 saturated heterocycles. The molecule has 9 rings (SSSR count). The third-order valence-corrected chi connectivity index (χ3v) is 17.0. The van der Waals surface area contributed by atoms with E-state index in [0.29, 0.717) is 129 Å². The minimum absolute atomic E-state index is 0.120. The van der Waals surface area contributed by atoms with Gasteiger partial charge in [0.25, 0.3) is 35.4 Å². The van der Waals surface area contributed by atoms with Crippen LogP contribution in [0.2, 0.25) is 0 Å². The summed E-state index contributed by atoms with van der Waals surface area (Å²) in [6.45, 7) is 22.5. The van der Waals surface area contributed by atoms with Gasteiger partial charge in [-0.15, -0.1) is 0 Å². The number of amides is 6. The minimum Gasteiger partial charge on any atom is -0.380 e. The Morgan fingerprint density at radius 1 is 0.419 bits per heavy atom. The Balaban J connectivity index is 0.813. The number of imide groups is 3. The monoisotopic (exact) mass is 1170 g/mol. The van der Waals surface area contributed by atoms with E-state index in [9.17, 15) is 28.8 Å². The van der Waals surface area contributed by atoms with Gasteiger partial charge in [0, 0.05) is 115 Å². The quantitative estimate of drug-likeness (QED) is 0.0364. The molecule has 0 bridgehead atoms. The molecule has 16 nitrogen and oxygen atoms in total. The summed E-state index contributed by atoms with van der Waals surface area (Å²) in [7, 11) is 0. The second-order valence-corrected chi connectivity index (χ2v) is 24.2. The van der Waals surface area contributed by atoms with Crippen LogP contribution in [0.3, 0.4) is 0 Å². The highest BCUT2D eigenvalue weighted by Crippen LogP contribution is 2.38. The highest BCUT2D eigenvalue weighted by atomic mass is 16.5. The molecule has 0 spiro atoms. The van der Waals surface area contributed by atoms with E-state index in [2.05, 4.69) is 24.5 Å². The zero-order valence-electron chi connectivity index (χ0n) is 51.8. The topological polar surface area (TPSA) is 182 Å². The van der Waals surface area contributed by atoms with Crippen LogP contribution in [0.1, 0.15) is 175 Å². The maximum absolute atomic E-state index is 13.6. The summed E-state index contributed by atoms with van der Waals surface area (Å²) in [5.74, 6) is -1.37. The van der Waals surface area contributed by atoms with Crippen molar-refractivity contribution in [1.82, 2.24) is 14.7 Å². The molecular formula is C70H87N5O11. The number of carbonyl (C=O) groups excluding carboxylic acids is 6. The summed E-state index contributed by atoms with van der Waals surface area (Å²) in [6.07, 6.45) is 5.80. The number of nitrogens with zero attached hydrogens (tertiary/aromatic N) is 3. The molecule has 0 fully saturated rings. The number of hydrogen-bond acceptors (Lipinski definition) is 13. The number of nitrogens with one attached hydrogen (secondary N) is 2. The molecule has 0 aliphatic carbocycles. The fourth-order valence-electron chi connectivity index (χ4n) is 12.0. The highest BCUT2D eigenvalue weighted by Gasteiger charge is 2.37. The number of rotatable bonds is 34. The Morgan fingerprint density at radius 2 is 0.779 bits per heavy atom. The maximum atomic E-state index is 13.6.